The smallest absolute Gasteiger partial charge is 0.226 e. The van der Waals surface area contributed by atoms with Crippen LogP contribution in [-0.2, 0) is 0 Å². The quantitative estimate of drug-likeness (QED) is 0.628. The SMILES string of the molecule is CNc1nc(Nc2ccc(Br)cc2Br)c2[nH]cnc2n1. The van der Waals surface area contributed by atoms with Crippen LogP contribution in [-0.4, -0.2) is 27.0 Å². The number of fused-ring (bicyclic) bond motifs is 1. The number of benzene rings is 1. The highest BCUT2D eigenvalue weighted by atomic mass is 79.9. The van der Waals surface area contributed by atoms with Gasteiger partial charge in [-0.15, -0.1) is 0 Å². The Morgan fingerprint density at radius 1 is 1.20 bits per heavy atom. The summed E-state index contributed by atoms with van der Waals surface area (Å²) in [6.45, 7) is 0. The lowest BCUT2D eigenvalue weighted by atomic mass is 10.3. The number of halogens is 2. The molecule has 8 heteroatoms. The second kappa shape index (κ2) is 5.37. The van der Waals surface area contributed by atoms with Gasteiger partial charge in [0, 0.05) is 16.0 Å². The molecule has 20 heavy (non-hydrogen) atoms. The summed E-state index contributed by atoms with van der Waals surface area (Å²) in [5.74, 6) is 1.18. The van der Waals surface area contributed by atoms with E-state index >= 15 is 0 Å². The first-order chi connectivity index (χ1) is 9.67. The fraction of sp³-hybridized carbons (Fsp3) is 0.0833. The molecule has 3 rings (SSSR count). The van der Waals surface area contributed by atoms with E-state index in [1.165, 1.54) is 0 Å². The van der Waals surface area contributed by atoms with Crippen LogP contribution in [0.3, 0.4) is 0 Å². The van der Waals surface area contributed by atoms with Crippen molar-refractivity contribution in [1.82, 2.24) is 19.9 Å². The Hall–Kier alpha value is -1.67. The molecular formula is C12H10Br2N6. The van der Waals surface area contributed by atoms with Crippen molar-refractivity contribution in [2.45, 2.75) is 0 Å². The number of aromatic nitrogens is 4. The van der Waals surface area contributed by atoms with Crippen LogP contribution >= 0.6 is 31.9 Å². The molecule has 0 amide bonds. The van der Waals surface area contributed by atoms with Crippen molar-refractivity contribution in [3.8, 4) is 0 Å². The van der Waals surface area contributed by atoms with Crippen LogP contribution in [0, 0.1) is 0 Å². The summed E-state index contributed by atoms with van der Waals surface area (Å²) >= 11 is 6.95. The van der Waals surface area contributed by atoms with E-state index in [1.807, 2.05) is 18.2 Å². The van der Waals surface area contributed by atoms with E-state index in [2.05, 4.69) is 62.4 Å². The molecule has 0 fully saturated rings. The molecule has 0 aliphatic carbocycles. The topological polar surface area (TPSA) is 78.5 Å². The van der Waals surface area contributed by atoms with Crippen LogP contribution < -0.4 is 10.6 Å². The van der Waals surface area contributed by atoms with Gasteiger partial charge >= 0.3 is 0 Å². The zero-order valence-electron chi connectivity index (χ0n) is 10.4. The van der Waals surface area contributed by atoms with Gasteiger partial charge in [-0.2, -0.15) is 9.97 Å². The summed E-state index contributed by atoms with van der Waals surface area (Å²) in [5.41, 5.74) is 2.28. The van der Waals surface area contributed by atoms with E-state index in [9.17, 15) is 0 Å². The first-order valence-corrected chi connectivity index (χ1v) is 7.37. The van der Waals surface area contributed by atoms with E-state index in [1.54, 1.807) is 13.4 Å². The first-order valence-electron chi connectivity index (χ1n) is 5.78. The van der Waals surface area contributed by atoms with Crippen LogP contribution in [0.15, 0.2) is 33.5 Å². The third-order valence-electron chi connectivity index (χ3n) is 2.69. The molecule has 1 aromatic carbocycles. The van der Waals surface area contributed by atoms with Crippen LogP contribution in [0.2, 0.25) is 0 Å². The molecule has 6 nitrogen and oxygen atoms in total. The van der Waals surface area contributed by atoms with Crippen molar-refractivity contribution in [3.63, 3.8) is 0 Å². The fourth-order valence-electron chi connectivity index (χ4n) is 1.75. The summed E-state index contributed by atoms with van der Waals surface area (Å²) in [5, 5.41) is 6.20. The van der Waals surface area contributed by atoms with Gasteiger partial charge in [-0.1, -0.05) is 15.9 Å². The minimum Gasteiger partial charge on any atom is -0.357 e. The highest BCUT2D eigenvalue weighted by Gasteiger charge is 2.10. The molecule has 0 spiro atoms. The molecule has 3 N–H and O–H groups in total. The number of anilines is 3. The molecule has 0 aliphatic heterocycles. The van der Waals surface area contributed by atoms with Gasteiger partial charge in [0.2, 0.25) is 5.95 Å². The number of aromatic amines is 1. The van der Waals surface area contributed by atoms with Crippen molar-refractivity contribution < 1.29 is 0 Å². The number of nitrogens with zero attached hydrogens (tertiary/aromatic N) is 3. The number of rotatable bonds is 3. The molecule has 0 unspecified atom stereocenters. The Balaban J connectivity index is 2.07. The third kappa shape index (κ3) is 2.48. The van der Waals surface area contributed by atoms with Gasteiger partial charge in [0.05, 0.1) is 12.0 Å². The van der Waals surface area contributed by atoms with Crippen LogP contribution in [0.25, 0.3) is 11.2 Å². The van der Waals surface area contributed by atoms with Gasteiger partial charge in [-0.25, -0.2) is 4.98 Å². The zero-order valence-corrected chi connectivity index (χ0v) is 13.6. The Morgan fingerprint density at radius 2 is 2.05 bits per heavy atom. The maximum atomic E-state index is 4.41. The van der Waals surface area contributed by atoms with Crippen LogP contribution in [0.1, 0.15) is 0 Å². The summed E-state index contributed by atoms with van der Waals surface area (Å²) in [6, 6.07) is 5.88. The second-order valence-electron chi connectivity index (χ2n) is 4.00. The molecule has 0 atom stereocenters. The molecular weight excluding hydrogens is 388 g/mol. The maximum Gasteiger partial charge on any atom is 0.226 e. The Kier molecular flexibility index (Phi) is 3.58. The van der Waals surface area contributed by atoms with Crippen LogP contribution in [0.5, 0.6) is 0 Å². The van der Waals surface area contributed by atoms with Crippen molar-refractivity contribution in [2.75, 3.05) is 17.7 Å². The Labute approximate surface area is 131 Å². The zero-order chi connectivity index (χ0) is 14.1. The lowest BCUT2D eigenvalue weighted by molar-refractivity contribution is 1.18. The van der Waals surface area contributed by atoms with E-state index in [4.69, 9.17) is 0 Å². The third-order valence-corrected chi connectivity index (χ3v) is 3.84. The molecule has 2 aromatic heterocycles. The van der Waals surface area contributed by atoms with Crippen LogP contribution in [0.4, 0.5) is 17.5 Å². The molecule has 102 valence electrons. The highest BCUT2D eigenvalue weighted by molar-refractivity contribution is 9.11. The summed E-state index contributed by atoms with van der Waals surface area (Å²) in [6.07, 6.45) is 1.60. The van der Waals surface area contributed by atoms with Gasteiger partial charge in [0.25, 0.3) is 0 Å². The second-order valence-corrected chi connectivity index (χ2v) is 5.77. The lowest BCUT2D eigenvalue weighted by Gasteiger charge is -2.10. The minimum absolute atomic E-state index is 0.514. The molecule has 0 saturated carbocycles. The van der Waals surface area contributed by atoms with Crippen molar-refractivity contribution in [2.24, 2.45) is 0 Å². The Bertz CT molecular complexity index is 770. The number of nitrogens with one attached hydrogen (secondary N) is 3. The summed E-state index contributed by atoms with van der Waals surface area (Å²) in [7, 11) is 1.77. The van der Waals surface area contributed by atoms with Crippen molar-refractivity contribution >= 4 is 60.5 Å². The molecule has 0 saturated heterocycles. The molecule has 0 bridgehead atoms. The fourth-order valence-corrected chi connectivity index (χ4v) is 2.90. The summed E-state index contributed by atoms with van der Waals surface area (Å²) in [4.78, 5) is 15.9. The van der Waals surface area contributed by atoms with Crippen molar-refractivity contribution in [1.29, 1.82) is 0 Å². The molecule has 0 radical (unpaired) electrons. The number of hydrogen-bond donors (Lipinski definition) is 3. The Morgan fingerprint density at radius 3 is 2.80 bits per heavy atom. The number of H-pyrrole nitrogens is 1. The molecule has 3 aromatic rings. The van der Waals surface area contributed by atoms with E-state index in [0.717, 1.165) is 20.1 Å². The van der Waals surface area contributed by atoms with Gasteiger partial charge in [0.1, 0.15) is 5.52 Å². The first kappa shape index (κ1) is 13.3. The predicted octanol–water partition coefficient (Wildman–Crippen LogP) is 3.66. The average Bonchev–Trinajstić information content (AvgIpc) is 2.90. The molecule has 0 aliphatic rings. The standard InChI is InChI=1S/C12H10Br2N6/c1-15-12-19-10-9(16-5-17-10)11(20-12)18-8-3-2-6(13)4-7(8)14/h2-5H,1H3,(H3,15,16,17,18,19,20). The van der Waals surface area contributed by atoms with Gasteiger partial charge in [-0.05, 0) is 34.1 Å². The predicted molar refractivity (Wildman–Crippen MR) is 86.4 cm³/mol. The van der Waals surface area contributed by atoms with Gasteiger partial charge in [-0.3, -0.25) is 0 Å². The van der Waals surface area contributed by atoms with Crippen molar-refractivity contribution in [3.05, 3.63) is 33.5 Å². The number of imidazole rings is 1. The summed E-state index contributed by atoms with van der Waals surface area (Å²) < 4.78 is 1.93. The van der Waals surface area contributed by atoms with Gasteiger partial charge < -0.3 is 15.6 Å². The van der Waals surface area contributed by atoms with Gasteiger partial charge in [0.15, 0.2) is 11.5 Å². The highest BCUT2D eigenvalue weighted by Crippen LogP contribution is 2.30. The van der Waals surface area contributed by atoms with E-state index in [0.29, 0.717) is 17.4 Å². The normalized spacial score (nSPS) is 10.8. The van der Waals surface area contributed by atoms with E-state index in [-0.39, 0.29) is 0 Å². The largest absolute Gasteiger partial charge is 0.357 e. The lowest BCUT2D eigenvalue weighted by Crippen LogP contribution is -2.02. The average molecular weight is 398 g/mol. The monoisotopic (exact) mass is 396 g/mol. The van der Waals surface area contributed by atoms with E-state index < -0.39 is 0 Å². The maximum absolute atomic E-state index is 4.41. The minimum atomic E-state index is 0.514. The number of hydrogen-bond acceptors (Lipinski definition) is 5. The molecule has 2 heterocycles.